The van der Waals surface area contributed by atoms with E-state index >= 15 is 0 Å². The SMILES string of the molecule is Cc1nc2n(n1)-c1cc(F)cc(C(C)C)c1N(C)[C@@H]2C. The van der Waals surface area contributed by atoms with Gasteiger partial charge in [-0.15, -0.1) is 0 Å². The second-order valence-electron chi connectivity index (χ2n) is 5.73. The van der Waals surface area contributed by atoms with Crippen molar-refractivity contribution < 1.29 is 4.39 Å². The van der Waals surface area contributed by atoms with Crippen molar-refractivity contribution in [2.45, 2.75) is 39.7 Å². The second kappa shape index (κ2) is 4.30. The summed E-state index contributed by atoms with van der Waals surface area (Å²) in [5.74, 6) is 1.59. The molecule has 0 saturated carbocycles. The number of nitrogens with zero attached hydrogens (tertiary/aromatic N) is 4. The first-order valence-electron chi connectivity index (χ1n) is 6.90. The van der Waals surface area contributed by atoms with Gasteiger partial charge in [0.05, 0.1) is 17.4 Å². The summed E-state index contributed by atoms with van der Waals surface area (Å²) in [7, 11) is 2.03. The molecule has 2 aromatic rings. The molecule has 0 N–H and O–H groups in total. The van der Waals surface area contributed by atoms with Gasteiger partial charge in [0.25, 0.3) is 0 Å². The van der Waals surface area contributed by atoms with Crippen LogP contribution >= 0.6 is 0 Å². The Hall–Kier alpha value is -1.91. The molecule has 0 bridgehead atoms. The van der Waals surface area contributed by atoms with Crippen molar-refractivity contribution in [1.29, 1.82) is 0 Å². The Morgan fingerprint density at radius 3 is 2.65 bits per heavy atom. The average Bonchev–Trinajstić information content (AvgIpc) is 2.77. The number of hydrogen-bond acceptors (Lipinski definition) is 3. The topological polar surface area (TPSA) is 34.0 Å². The molecule has 20 heavy (non-hydrogen) atoms. The Balaban J connectivity index is 2.36. The maximum absolute atomic E-state index is 14.0. The molecule has 5 heteroatoms. The van der Waals surface area contributed by atoms with E-state index in [4.69, 9.17) is 0 Å². The Labute approximate surface area is 118 Å². The van der Waals surface area contributed by atoms with E-state index in [0.29, 0.717) is 5.82 Å². The summed E-state index contributed by atoms with van der Waals surface area (Å²) in [6.07, 6.45) is 0. The van der Waals surface area contributed by atoms with Crippen LogP contribution in [0.1, 0.15) is 49.9 Å². The summed E-state index contributed by atoms with van der Waals surface area (Å²) < 4.78 is 15.7. The summed E-state index contributed by atoms with van der Waals surface area (Å²) >= 11 is 0. The molecule has 0 unspecified atom stereocenters. The Morgan fingerprint density at radius 1 is 1.30 bits per heavy atom. The van der Waals surface area contributed by atoms with E-state index in [2.05, 4.69) is 35.8 Å². The zero-order valence-electron chi connectivity index (χ0n) is 12.5. The lowest BCUT2D eigenvalue weighted by Gasteiger charge is -2.35. The first-order valence-corrected chi connectivity index (χ1v) is 6.90. The van der Waals surface area contributed by atoms with Gasteiger partial charge in [0.2, 0.25) is 0 Å². The van der Waals surface area contributed by atoms with E-state index in [-0.39, 0.29) is 17.8 Å². The molecule has 3 rings (SSSR count). The van der Waals surface area contributed by atoms with Crippen molar-refractivity contribution >= 4 is 5.69 Å². The lowest BCUT2D eigenvalue weighted by Crippen LogP contribution is -2.31. The van der Waals surface area contributed by atoms with E-state index in [0.717, 1.165) is 22.8 Å². The van der Waals surface area contributed by atoms with Gasteiger partial charge in [-0.3, -0.25) is 0 Å². The average molecular weight is 274 g/mol. The highest BCUT2D eigenvalue weighted by Crippen LogP contribution is 2.41. The number of aryl methyl sites for hydroxylation is 1. The minimum Gasteiger partial charge on any atom is -0.363 e. The number of halogens is 1. The summed E-state index contributed by atoms with van der Waals surface area (Å²) in [5.41, 5.74) is 2.84. The molecular weight excluding hydrogens is 255 g/mol. The van der Waals surface area contributed by atoms with Gasteiger partial charge >= 0.3 is 0 Å². The van der Waals surface area contributed by atoms with Crippen molar-refractivity contribution in [2.24, 2.45) is 0 Å². The normalized spacial score (nSPS) is 17.4. The first-order chi connectivity index (χ1) is 9.40. The van der Waals surface area contributed by atoms with Gasteiger partial charge in [0.1, 0.15) is 11.6 Å². The fraction of sp³-hybridized carbons (Fsp3) is 0.467. The lowest BCUT2D eigenvalue weighted by molar-refractivity contribution is 0.593. The third-order valence-electron chi connectivity index (χ3n) is 3.98. The molecular formula is C15H19FN4. The van der Waals surface area contributed by atoms with Crippen molar-refractivity contribution in [3.63, 3.8) is 0 Å². The number of aromatic nitrogens is 3. The first kappa shape index (κ1) is 13.1. The van der Waals surface area contributed by atoms with Crippen LogP contribution < -0.4 is 4.90 Å². The van der Waals surface area contributed by atoms with Gasteiger partial charge in [-0.1, -0.05) is 13.8 Å². The highest BCUT2D eigenvalue weighted by Gasteiger charge is 2.31. The molecule has 0 radical (unpaired) electrons. The predicted molar refractivity (Wildman–Crippen MR) is 77.0 cm³/mol. The quantitative estimate of drug-likeness (QED) is 0.799. The molecule has 1 aliphatic heterocycles. The van der Waals surface area contributed by atoms with Gasteiger partial charge in [0, 0.05) is 13.1 Å². The molecule has 2 heterocycles. The standard InChI is InChI=1S/C15H19FN4/c1-8(2)12-6-11(16)7-13-14(12)19(5)9(3)15-17-10(4)18-20(13)15/h6-9H,1-5H3/t9-/m1/s1. The molecule has 1 aromatic carbocycles. The summed E-state index contributed by atoms with van der Waals surface area (Å²) in [6, 6.07) is 3.29. The maximum atomic E-state index is 14.0. The van der Waals surface area contributed by atoms with Crippen LogP contribution in [0.2, 0.25) is 0 Å². The second-order valence-corrected chi connectivity index (χ2v) is 5.73. The van der Waals surface area contributed by atoms with Crippen LogP contribution in [0.15, 0.2) is 12.1 Å². The monoisotopic (exact) mass is 274 g/mol. The molecule has 1 atom stereocenters. The predicted octanol–water partition coefficient (Wildman–Crippen LogP) is 3.35. The zero-order chi connectivity index (χ0) is 14.6. The number of hydrogen-bond donors (Lipinski definition) is 0. The summed E-state index contributed by atoms with van der Waals surface area (Å²) in [4.78, 5) is 6.63. The van der Waals surface area contributed by atoms with Gasteiger partial charge in [-0.25, -0.2) is 14.1 Å². The van der Waals surface area contributed by atoms with Crippen molar-refractivity contribution in [2.75, 3.05) is 11.9 Å². The smallest absolute Gasteiger partial charge is 0.154 e. The molecule has 0 fully saturated rings. The van der Waals surface area contributed by atoms with Crippen LogP contribution in [0, 0.1) is 12.7 Å². The molecule has 106 valence electrons. The molecule has 1 aromatic heterocycles. The zero-order valence-corrected chi connectivity index (χ0v) is 12.5. The summed E-state index contributed by atoms with van der Waals surface area (Å²) in [6.45, 7) is 8.11. The van der Waals surface area contributed by atoms with Crippen molar-refractivity contribution in [1.82, 2.24) is 14.8 Å². The Bertz CT molecular complexity index is 675. The van der Waals surface area contributed by atoms with E-state index in [1.165, 1.54) is 0 Å². The molecule has 0 amide bonds. The van der Waals surface area contributed by atoms with Gasteiger partial charge in [0.15, 0.2) is 5.82 Å². The molecule has 1 aliphatic rings. The lowest BCUT2D eigenvalue weighted by atomic mass is 9.97. The van der Waals surface area contributed by atoms with Gasteiger partial charge < -0.3 is 4.90 Å². The minimum atomic E-state index is -0.227. The summed E-state index contributed by atoms with van der Waals surface area (Å²) in [5, 5.41) is 4.43. The number of fused-ring (bicyclic) bond motifs is 3. The van der Waals surface area contributed by atoms with Crippen LogP contribution in [-0.2, 0) is 0 Å². The van der Waals surface area contributed by atoms with Gasteiger partial charge in [-0.2, -0.15) is 5.10 Å². The highest BCUT2D eigenvalue weighted by atomic mass is 19.1. The maximum Gasteiger partial charge on any atom is 0.154 e. The van der Waals surface area contributed by atoms with Crippen molar-refractivity contribution in [3.05, 3.63) is 35.2 Å². The van der Waals surface area contributed by atoms with E-state index in [9.17, 15) is 4.39 Å². The number of anilines is 1. The number of rotatable bonds is 1. The van der Waals surface area contributed by atoms with Crippen LogP contribution in [0.25, 0.3) is 5.69 Å². The molecule has 0 aliphatic carbocycles. The number of benzene rings is 1. The van der Waals surface area contributed by atoms with E-state index in [1.807, 2.05) is 14.0 Å². The van der Waals surface area contributed by atoms with Crippen LogP contribution in [-0.4, -0.2) is 21.8 Å². The third kappa shape index (κ3) is 1.72. The minimum absolute atomic E-state index is 0.117. The fourth-order valence-corrected chi connectivity index (χ4v) is 2.84. The highest BCUT2D eigenvalue weighted by molar-refractivity contribution is 5.70. The third-order valence-corrected chi connectivity index (χ3v) is 3.98. The molecule has 0 saturated heterocycles. The van der Waals surface area contributed by atoms with Gasteiger partial charge in [-0.05, 0) is 31.4 Å². The Kier molecular flexibility index (Phi) is 2.81. The van der Waals surface area contributed by atoms with Crippen LogP contribution in [0.3, 0.4) is 0 Å². The molecule has 4 nitrogen and oxygen atoms in total. The Morgan fingerprint density at radius 2 is 2.00 bits per heavy atom. The fourth-order valence-electron chi connectivity index (χ4n) is 2.84. The van der Waals surface area contributed by atoms with Crippen molar-refractivity contribution in [3.8, 4) is 5.69 Å². The van der Waals surface area contributed by atoms with E-state index < -0.39 is 0 Å². The van der Waals surface area contributed by atoms with Crippen LogP contribution in [0.5, 0.6) is 0 Å². The molecule has 0 spiro atoms. The van der Waals surface area contributed by atoms with E-state index in [1.54, 1.807) is 16.8 Å². The largest absolute Gasteiger partial charge is 0.363 e. The van der Waals surface area contributed by atoms with Crippen LogP contribution in [0.4, 0.5) is 10.1 Å².